The van der Waals surface area contributed by atoms with E-state index in [1.54, 1.807) is 61.5 Å². The molecule has 0 spiro atoms. The lowest BCUT2D eigenvalue weighted by atomic mass is 10.1. The van der Waals surface area contributed by atoms with Crippen molar-refractivity contribution in [3.05, 3.63) is 93.5 Å². The van der Waals surface area contributed by atoms with Crippen LogP contribution in [-0.2, 0) is 26.4 Å². The van der Waals surface area contributed by atoms with Crippen LogP contribution in [0.4, 0.5) is 5.69 Å². The summed E-state index contributed by atoms with van der Waals surface area (Å²) in [4.78, 5) is 12.9. The van der Waals surface area contributed by atoms with Crippen LogP contribution in [0.1, 0.15) is 34.5 Å². The smallest absolute Gasteiger partial charge is 0.251 e. The molecule has 0 aliphatic carbocycles. The van der Waals surface area contributed by atoms with Crippen molar-refractivity contribution in [3.63, 3.8) is 0 Å². The van der Waals surface area contributed by atoms with Gasteiger partial charge in [-0.3, -0.25) is 9.10 Å². The van der Waals surface area contributed by atoms with Crippen molar-refractivity contribution in [1.29, 1.82) is 0 Å². The van der Waals surface area contributed by atoms with Gasteiger partial charge in [-0.1, -0.05) is 53.5 Å². The zero-order chi connectivity index (χ0) is 26.0. The lowest BCUT2D eigenvalue weighted by Crippen LogP contribution is -2.29. The molecule has 3 aromatic carbocycles. The van der Waals surface area contributed by atoms with Gasteiger partial charge >= 0.3 is 0 Å². The van der Waals surface area contributed by atoms with Gasteiger partial charge in [-0.05, 0) is 54.4 Å². The number of sulfone groups is 1. The minimum atomic E-state index is -3.67. The second kappa shape index (κ2) is 10.6. The summed E-state index contributed by atoms with van der Waals surface area (Å²) in [5.74, 6) is -0.325. The number of carbonyl (C=O) groups is 1. The van der Waals surface area contributed by atoms with Crippen molar-refractivity contribution < 1.29 is 21.6 Å². The van der Waals surface area contributed by atoms with Crippen molar-refractivity contribution in [2.24, 2.45) is 0 Å². The van der Waals surface area contributed by atoms with Crippen molar-refractivity contribution in [1.82, 2.24) is 5.32 Å². The van der Waals surface area contributed by atoms with E-state index in [0.717, 1.165) is 22.4 Å². The number of halogens is 2. The first-order valence-electron chi connectivity index (χ1n) is 10.4. The number of nitrogens with zero attached hydrogens (tertiary/aromatic N) is 1. The van der Waals surface area contributed by atoms with Crippen molar-refractivity contribution >= 4 is 54.7 Å². The number of hydrogen-bond acceptors (Lipinski definition) is 5. The fraction of sp³-hybridized carbons (Fsp3) is 0.208. The van der Waals surface area contributed by atoms with Gasteiger partial charge in [0.25, 0.3) is 5.91 Å². The Morgan fingerprint density at radius 1 is 0.914 bits per heavy atom. The van der Waals surface area contributed by atoms with Crippen LogP contribution in [0.25, 0.3) is 0 Å². The minimum absolute atomic E-state index is 0.00385. The van der Waals surface area contributed by atoms with Gasteiger partial charge < -0.3 is 5.32 Å². The maximum absolute atomic E-state index is 12.7. The lowest BCUT2D eigenvalue weighted by Gasteiger charge is -2.24. The molecule has 1 unspecified atom stereocenters. The van der Waals surface area contributed by atoms with E-state index in [-0.39, 0.29) is 39.1 Å². The molecule has 0 radical (unpaired) electrons. The molecule has 11 heteroatoms. The molecule has 0 aliphatic heterocycles. The molecule has 1 N–H and O–H groups in total. The lowest BCUT2D eigenvalue weighted by molar-refractivity contribution is 0.0940. The van der Waals surface area contributed by atoms with E-state index >= 15 is 0 Å². The molecule has 0 fully saturated rings. The van der Waals surface area contributed by atoms with Gasteiger partial charge in [0, 0.05) is 11.8 Å². The highest BCUT2D eigenvalue weighted by atomic mass is 35.5. The summed E-state index contributed by atoms with van der Waals surface area (Å²) in [6, 6.07) is 17.2. The maximum Gasteiger partial charge on any atom is 0.251 e. The van der Waals surface area contributed by atoms with Crippen LogP contribution >= 0.6 is 23.2 Å². The third-order valence-electron chi connectivity index (χ3n) is 5.30. The summed E-state index contributed by atoms with van der Waals surface area (Å²) in [5, 5.41) is 3.24. The fourth-order valence-corrected chi connectivity index (χ4v) is 5.33. The molecular formula is C24H24Cl2N2O5S2. The van der Waals surface area contributed by atoms with E-state index in [1.807, 2.05) is 0 Å². The number of rotatable bonds is 8. The Hall–Kier alpha value is -2.59. The van der Waals surface area contributed by atoms with Gasteiger partial charge in [0.2, 0.25) is 10.0 Å². The topological polar surface area (TPSA) is 101 Å². The Bertz CT molecular complexity index is 1440. The van der Waals surface area contributed by atoms with Gasteiger partial charge in [0.15, 0.2) is 9.84 Å². The summed E-state index contributed by atoms with van der Waals surface area (Å²) < 4.78 is 49.3. The van der Waals surface area contributed by atoms with Crippen LogP contribution < -0.4 is 9.62 Å². The molecule has 3 aromatic rings. The zero-order valence-corrected chi connectivity index (χ0v) is 22.3. The Morgan fingerprint density at radius 3 is 2.06 bits per heavy atom. The van der Waals surface area contributed by atoms with Crippen LogP contribution in [0.3, 0.4) is 0 Å². The Balaban J connectivity index is 1.74. The minimum Gasteiger partial charge on any atom is -0.346 e. The molecule has 0 aromatic heterocycles. The third kappa shape index (κ3) is 6.76. The average Bonchev–Trinajstić information content (AvgIpc) is 2.78. The largest absolute Gasteiger partial charge is 0.346 e. The van der Waals surface area contributed by atoms with Crippen molar-refractivity contribution in [3.8, 4) is 0 Å². The summed E-state index contributed by atoms with van der Waals surface area (Å²) in [6.07, 6.45) is 2.21. The number of amides is 1. The first-order chi connectivity index (χ1) is 16.3. The second-order valence-corrected chi connectivity index (χ2v) is 12.8. The maximum atomic E-state index is 12.7. The molecule has 0 saturated carbocycles. The molecular weight excluding hydrogens is 531 g/mol. The summed E-state index contributed by atoms with van der Waals surface area (Å²) in [5.41, 5.74) is 2.05. The number of sulfonamides is 1. The van der Waals surface area contributed by atoms with E-state index < -0.39 is 19.9 Å². The number of anilines is 1. The number of nitrogens with one attached hydrogen (secondary N) is 1. The molecule has 0 saturated heterocycles. The predicted octanol–water partition coefficient (Wildman–Crippen LogP) is 4.85. The highest BCUT2D eigenvalue weighted by molar-refractivity contribution is 7.92. The quantitative estimate of drug-likeness (QED) is 0.428. The summed E-state index contributed by atoms with van der Waals surface area (Å²) in [7, 11) is -6.97. The molecule has 7 nitrogen and oxygen atoms in total. The molecule has 1 atom stereocenters. The zero-order valence-electron chi connectivity index (χ0n) is 19.2. The van der Waals surface area contributed by atoms with E-state index in [0.29, 0.717) is 11.1 Å². The van der Waals surface area contributed by atoms with Gasteiger partial charge in [-0.2, -0.15) is 0 Å². The van der Waals surface area contributed by atoms with Gasteiger partial charge in [-0.25, -0.2) is 16.8 Å². The molecule has 0 heterocycles. The second-order valence-electron chi connectivity index (χ2n) is 8.08. The molecule has 0 bridgehead atoms. The van der Waals surface area contributed by atoms with E-state index in [4.69, 9.17) is 23.2 Å². The molecule has 35 heavy (non-hydrogen) atoms. The predicted molar refractivity (Wildman–Crippen MR) is 139 cm³/mol. The highest BCUT2D eigenvalue weighted by Gasteiger charge is 2.22. The molecule has 1 amide bonds. The average molecular weight is 556 g/mol. The van der Waals surface area contributed by atoms with Crippen molar-refractivity contribution in [2.75, 3.05) is 16.8 Å². The Labute approximate surface area is 215 Å². The normalized spacial score (nSPS) is 12.7. The first-order valence-corrected chi connectivity index (χ1v) is 14.9. The van der Waals surface area contributed by atoms with Crippen LogP contribution in [-0.4, -0.2) is 35.3 Å². The van der Waals surface area contributed by atoms with Crippen LogP contribution in [0, 0.1) is 0 Å². The third-order valence-corrected chi connectivity index (χ3v) is 8.36. The molecule has 3 rings (SSSR count). The monoisotopic (exact) mass is 554 g/mol. The number of hydrogen-bond donors (Lipinski definition) is 1. The van der Waals surface area contributed by atoms with E-state index in [2.05, 4.69) is 5.32 Å². The highest BCUT2D eigenvalue weighted by Crippen LogP contribution is 2.34. The first kappa shape index (κ1) is 27.0. The SMILES string of the molecule is CC(NC(=O)c1ccc(CN(c2cccc(Cl)c2Cl)S(C)(=O)=O)cc1)c1ccc(S(C)(=O)=O)cc1. The summed E-state index contributed by atoms with van der Waals surface area (Å²) in [6.45, 7) is 1.80. The van der Waals surface area contributed by atoms with Crippen LogP contribution in [0.5, 0.6) is 0 Å². The number of carbonyl (C=O) groups excluding carboxylic acids is 1. The standard InChI is InChI=1S/C24H24Cl2N2O5S2/c1-16(18-11-13-20(14-12-18)34(2,30)31)27-24(29)19-9-7-17(8-10-19)15-28(35(3,32)33)22-6-4-5-21(25)23(22)26/h4-14,16H,15H2,1-3H3,(H,27,29). The number of benzene rings is 3. The van der Waals surface area contributed by atoms with Gasteiger partial charge in [0.1, 0.15) is 0 Å². The fourth-order valence-electron chi connectivity index (χ4n) is 3.36. The summed E-state index contributed by atoms with van der Waals surface area (Å²) >= 11 is 12.3. The van der Waals surface area contributed by atoms with Crippen LogP contribution in [0.15, 0.2) is 71.6 Å². The molecule has 186 valence electrons. The van der Waals surface area contributed by atoms with E-state index in [9.17, 15) is 21.6 Å². The van der Waals surface area contributed by atoms with Crippen molar-refractivity contribution in [2.45, 2.75) is 24.4 Å². The van der Waals surface area contributed by atoms with Gasteiger partial charge in [-0.15, -0.1) is 0 Å². The Kier molecular flexibility index (Phi) is 8.16. The Morgan fingerprint density at radius 2 is 1.51 bits per heavy atom. The van der Waals surface area contributed by atoms with Gasteiger partial charge in [0.05, 0.1) is 39.5 Å². The van der Waals surface area contributed by atoms with E-state index in [1.165, 1.54) is 12.1 Å². The van der Waals surface area contributed by atoms with Crippen LogP contribution in [0.2, 0.25) is 10.0 Å². The molecule has 0 aliphatic rings.